The van der Waals surface area contributed by atoms with Crippen LogP contribution >= 0.6 is 0 Å². The van der Waals surface area contributed by atoms with E-state index in [4.69, 9.17) is 4.98 Å². The molecular formula is C21H24FN7. The SMILES string of the molecule is Cc1cc(Nc2cc(N3CCN(C)CC3)nc(/C=C/c3ccc(F)cc3)n2)n[nH]1. The van der Waals surface area contributed by atoms with E-state index in [1.54, 1.807) is 12.1 Å². The molecule has 7 nitrogen and oxygen atoms in total. The number of halogens is 1. The molecule has 0 atom stereocenters. The van der Waals surface area contributed by atoms with Gasteiger partial charge in [-0.2, -0.15) is 5.10 Å². The van der Waals surface area contributed by atoms with E-state index in [1.807, 2.05) is 31.2 Å². The zero-order valence-corrected chi connectivity index (χ0v) is 16.6. The van der Waals surface area contributed by atoms with E-state index in [2.05, 4.69) is 37.3 Å². The Hall–Kier alpha value is -3.26. The van der Waals surface area contributed by atoms with Crippen LogP contribution in [0.25, 0.3) is 12.2 Å². The Morgan fingerprint density at radius 2 is 1.76 bits per heavy atom. The van der Waals surface area contributed by atoms with Crippen molar-refractivity contribution in [3.8, 4) is 0 Å². The maximum atomic E-state index is 13.1. The molecule has 0 bridgehead atoms. The quantitative estimate of drug-likeness (QED) is 0.693. The van der Waals surface area contributed by atoms with Crippen molar-refractivity contribution in [2.45, 2.75) is 6.92 Å². The summed E-state index contributed by atoms with van der Waals surface area (Å²) in [6, 6.07) is 10.2. The van der Waals surface area contributed by atoms with Crippen molar-refractivity contribution in [2.24, 2.45) is 0 Å². The monoisotopic (exact) mass is 393 g/mol. The first kappa shape index (κ1) is 19.1. The highest BCUT2D eigenvalue weighted by atomic mass is 19.1. The fourth-order valence-electron chi connectivity index (χ4n) is 3.15. The number of piperazine rings is 1. The van der Waals surface area contributed by atoms with Crippen LogP contribution < -0.4 is 10.2 Å². The number of nitrogens with zero attached hydrogens (tertiary/aromatic N) is 5. The molecule has 1 aliphatic rings. The third-order valence-corrected chi connectivity index (χ3v) is 4.81. The summed E-state index contributed by atoms with van der Waals surface area (Å²) < 4.78 is 13.1. The third-order valence-electron chi connectivity index (χ3n) is 4.81. The molecule has 150 valence electrons. The minimum atomic E-state index is -0.253. The minimum absolute atomic E-state index is 0.253. The smallest absolute Gasteiger partial charge is 0.156 e. The lowest BCUT2D eigenvalue weighted by atomic mass is 10.2. The van der Waals surface area contributed by atoms with E-state index in [1.165, 1.54) is 12.1 Å². The highest BCUT2D eigenvalue weighted by Gasteiger charge is 2.17. The fourth-order valence-corrected chi connectivity index (χ4v) is 3.15. The number of aryl methyl sites for hydroxylation is 1. The molecule has 0 aliphatic carbocycles. The molecule has 1 aliphatic heterocycles. The predicted octanol–water partition coefficient (Wildman–Crippen LogP) is 3.31. The van der Waals surface area contributed by atoms with Crippen molar-refractivity contribution in [1.82, 2.24) is 25.1 Å². The largest absolute Gasteiger partial charge is 0.354 e. The van der Waals surface area contributed by atoms with Gasteiger partial charge in [0.25, 0.3) is 0 Å². The average molecular weight is 393 g/mol. The van der Waals surface area contributed by atoms with Gasteiger partial charge in [0.15, 0.2) is 11.6 Å². The first-order chi connectivity index (χ1) is 14.0. The van der Waals surface area contributed by atoms with Crippen LogP contribution in [0.15, 0.2) is 36.4 Å². The van der Waals surface area contributed by atoms with Crippen LogP contribution in [0.1, 0.15) is 17.1 Å². The Bertz CT molecular complexity index is 989. The van der Waals surface area contributed by atoms with Gasteiger partial charge in [0.2, 0.25) is 0 Å². The molecule has 0 amide bonds. The maximum absolute atomic E-state index is 13.1. The molecule has 8 heteroatoms. The van der Waals surface area contributed by atoms with Crippen LogP contribution in [0.4, 0.5) is 21.8 Å². The Labute approximate surface area is 169 Å². The summed E-state index contributed by atoms with van der Waals surface area (Å²) in [4.78, 5) is 13.9. The van der Waals surface area contributed by atoms with Crippen LogP contribution in [-0.4, -0.2) is 58.3 Å². The zero-order valence-electron chi connectivity index (χ0n) is 16.6. The number of likely N-dealkylation sites (N-methyl/N-ethyl adjacent to an activating group) is 1. The molecule has 2 N–H and O–H groups in total. The summed E-state index contributed by atoms with van der Waals surface area (Å²) in [6.07, 6.45) is 3.72. The molecule has 0 saturated carbocycles. The van der Waals surface area contributed by atoms with Crippen molar-refractivity contribution in [2.75, 3.05) is 43.4 Å². The summed E-state index contributed by atoms with van der Waals surface area (Å²) in [5.41, 5.74) is 1.86. The van der Waals surface area contributed by atoms with E-state index < -0.39 is 0 Å². The standard InChI is InChI=1S/C21H24FN7/c1-15-13-20(27-26-15)24-19-14-21(29-11-9-28(2)10-12-29)25-18(23-19)8-5-16-3-6-17(22)7-4-16/h3-8,13-14H,9-12H2,1-2H3,(H2,23,24,25,26,27)/b8-5+. The minimum Gasteiger partial charge on any atom is -0.354 e. The van der Waals surface area contributed by atoms with E-state index in [-0.39, 0.29) is 5.82 Å². The fraction of sp³-hybridized carbons (Fsp3) is 0.286. The second-order valence-corrected chi connectivity index (χ2v) is 7.21. The lowest BCUT2D eigenvalue weighted by Crippen LogP contribution is -2.44. The maximum Gasteiger partial charge on any atom is 0.156 e. The Morgan fingerprint density at radius 3 is 2.45 bits per heavy atom. The summed E-state index contributed by atoms with van der Waals surface area (Å²) in [5, 5.41) is 10.4. The molecule has 3 aromatic rings. The van der Waals surface area contributed by atoms with Gasteiger partial charge in [0.1, 0.15) is 17.5 Å². The lowest BCUT2D eigenvalue weighted by molar-refractivity contribution is 0.312. The first-order valence-corrected chi connectivity index (χ1v) is 9.60. The topological polar surface area (TPSA) is 73.0 Å². The summed E-state index contributed by atoms with van der Waals surface area (Å²) in [5.74, 6) is 2.59. The highest BCUT2D eigenvalue weighted by molar-refractivity contribution is 5.69. The number of aromatic nitrogens is 4. The van der Waals surface area contributed by atoms with E-state index >= 15 is 0 Å². The molecule has 0 spiro atoms. The van der Waals surface area contributed by atoms with Crippen molar-refractivity contribution in [3.63, 3.8) is 0 Å². The molecule has 0 radical (unpaired) electrons. The van der Waals surface area contributed by atoms with E-state index in [0.717, 1.165) is 43.3 Å². The lowest BCUT2D eigenvalue weighted by Gasteiger charge is -2.33. The number of benzene rings is 1. The van der Waals surface area contributed by atoms with Gasteiger partial charge in [0, 0.05) is 44.0 Å². The number of hydrogen-bond acceptors (Lipinski definition) is 6. The molecule has 1 aromatic carbocycles. The molecule has 1 saturated heterocycles. The van der Waals surface area contributed by atoms with Crippen molar-refractivity contribution < 1.29 is 4.39 Å². The molecular weight excluding hydrogens is 369 g/mol. The van der Waals surface area contributed by atoms with Crippen LogP contribution in [0.5, 0.6) is 0 Å². The third kappa shape index (κ3) is 4.97. The van der Waals surface area contributed by atoms with Crippen molar-refractivity contribution >= 4 is 29.6 Å². The highest BCUT2D eigenvalue weighted by Crippen LogP contribution is 2.21. The molecule has 3 heterocycles. The number of nitrogens with one attached hydrogen (secondary N) is 2. The van der Waals surface area contributed by atoms with Gasteiger partial charge in [-0.3, -0.25) is 5.10 Å². The second-order valence-electron chi connectivity index (χ2n) is 7.21. The number of aromatic amines is 1. The normalized spacial score (nSPS) is 15.2. The van der Waals surface area contributed by atoms with Crippen LogP contribution in [0, 0.1) is 12.7 Å². The molecule has 1 fully saturated rings. The van der Waals surface area contributed by atoms with Gasteiger partial charge in [-0.1, -0.05) is 18.2 Å². The van der Waals surface area contributed by atoms with Gasteiger partial charge in [0.05, 0.1) is 0 Å². The summed E-state index contributed by atoms with van der Waals surface area (Å²) in [7, 11) is 2.13. The van der Waals surface area contributed by atoms with E-state index in [0.29, 0.717) is 17.5 Å². The first-order valence-electron chi connectivity index (χ1n) is 9.60. The van der Waals surface area contributed by atoms with E-state index in [9.17, 15) is 4.39 Å². The van der Waals surface area contributed by atoms with Crippen LogP contribution in [-0.2, 0) is 0 Å². The van der Waals surface area contributed by atoms with Gasteiger partial charge in [-0.25, -0.2) is 14.4 Å². The molecule has 4 rings (SSSR count). The van der Waals surface area contributed by atoms with Gasteiger partial charge in [-0.05, 0) is 37.7 Å². The summed E-state index contributed by atoms with van der Waals surface area (Å²) in [6.45, 7) is 5.76. The molecule has 29 heavy (non-hydrogen) atoms. The second kappa shape index (κ2) is 8.40. The molecule has 2 aromatic heterocycles. The zero-order chi connectivity index (χ0) is 20.2. The van der Waals surface area contributed by atoms with Crippen molar-refractivity contribution in [3.05, 3.63) is 59.3 Å². The number of H-pyrrole nitrogens is 1. The Morgan fingerprint density at radius 1 is 1.00 bits per heavy atom. The Balaban J connectivity index is 1.62. The Kier molecular flexibility index (Phi) is 5.53. The average Bonchev–Trinajstić information content (AvgIpc) is 3.12. The van der Waals surface area contributed by atoms with Crippen molar-refractivity contribution in [1.29, 1.82) is 0 Å². The van der Waals surface area contributed by atoms with Crippen LogP contribution in [0.3, 0.4) is 0 Å². The van der Waals surface area contributed by atoms with Crippen LogP contribution in [0.2, 0.25) is 0 Å². The van der Waals surface area contributed by atoms with Gasteiger partial charge < -0.3 is 15.1 Å². The van der Waals surface area contributed by atoms with Gasteiger partial charge in [-0.15, -0.1) is 0 Å². The van der Waals surface area contributed by atoms with Gasteiger partial charge >= 0.3 is 0 Å². The number of anilines is 3. The summed E-state index contributed by atoms with van der Waals surface area (Å²) >= 11 is 0. The molecule has 0 unspecified atom stereocenters. The number of hydrogen-bond donors (Lipinski definition) is 2. The number of rotatable bonds is 5. The predicted molar refractivity (Wildman–Crippen MR) is 114 cm³/mol.